The van der Waals surface area contributed by atoms with Gasteiger partial charge in [-0.15, -0.1) is 0 Å². The Bertz CT molecular complexity index is 467. The molecule has 0 aliphatic rings. The second-order valence-corrected chi connectivity index (χ2v) is 6.17. The molecule has 0 spiro atoms. The fraction of sp³-hybridized carbons (Fsp3) is 0.714. The number of rotatable bonds is 6. The average molecular weight is 268 g/mol. The molecule has 3 nitrogen and oxygen atoms in total. The van der Waals surface area contributed by atoms with Crippen LogP contribution in [0.4, 0.5) is 5.69 Å². The van der Waals surface area contributed by atoms with E-state index in [-0.39, 0.29) is 10.8 Å². The average Bonchev–Trinajstić information content (AvgIpc) is 2.28. The first-order chi connectivity index (χ1) is 8.30. The zero-order valence-corrected chi connectivity index (χ0v) is 12.9. The van der Waals surface area contributed by atoms with Crippen LogP contribution < -0.4 is 15.6 Å². The van der Waals surface area contributed by atoms with Gasteiger partial charge < -0.3 is 10.2 Å². The van der Waals surface area contributed by atoms with Crippen LogP contribution in [0.1, 0.15) is 39.7 Å². The van der Waals surface area contributed by atoms with Gasteiger partial charge in [0.15, 0.2) is 0 Å². The number of nitrogens with one attached hydrogen (secondary N) is 1. The number of anilines is 1. The summed E-state index contributed by atoms with van der Waals surface area (Å²) in [6, 6.07) is 0. The van der Waals surface area contributed by atoms with Gasteiger partial charge in [-0.3, -0.25) is 4.79 Å². The summed E-state index contributed by atoms with van der Waals surface area (Å²) >= 11 is 5.18. The Morgan fingerprint density at radius 1 is 1.33 bits per heavy atom. The van der Waals surface area contributed by atoms with Gasteiger partial charge in [0.25, 0.3) is 0 Å². The zero-order chi connectivity index (χ0) is 13.9. The number of nitrogens with zero attached hydrogens (tertiary/aromatic N) is 1. The van der Waals surface area contributed by atoms with Crippen LogP contribution in [-0.4, -0.2) is 26.7 Å². The van der Waals surface area contributed by atoms with Crippen molar-refractivity contribution in [2.45, 2.75) is 39.5 Å². The Hall–Kier alpha value is -0.740. The summed E-state index contributed by atoms with van der Waals surface area (Å²) in [7, 11) is 1.98. The molecule has 1 aromatic carbocycles. The van der Waals surface area contributed by atoms with Crippen molar-refractivity contribution < 1.29 is 0 Å². The summed E-state index contributed by atoms with van der Waals surface area (Å²) in [4.78, 5) is 13.9. The molecule has 0 heterocycles. The van der Waals surface area contributed by atoms with Crippen LogP contribution in [0.25, 0.3) is 0 Å². The Labute approximate surface area is 115 Å². The maximum Gasteiger partial charge on any atom is 0.220 e. The van der Waals surface area contributed by atoms with Crippen LogP contribution >= 0.6 is 12.2 Å². The summed E-state index contributed by atoms with van der Waals surface area (Å²) in [5.74, 6) is 0. The van der Waals surface area contributed by atoms with E-state index in [1.807, 2.05) is 7.05 Å². The van der Waals surface area contributed by atoms with E-state index in [1.165, 1.54) is 0 Å². The molecular weight excluding hydrogens is 244 g/mol. The smallest absolute Gasteiger partial charge is 0.220 e. The minimum absolute atomic E-state index is 0.0425. The highest BCUT2D eigenvalue weighted by molar-refractivity contribution is 7.71. The largest absolute Gasteiger partial charge is 0.371 e. The molecule has 0 amide bonds. The van der Waals surface area contributed by atoms with Crippen LogP contribution in [-0.2, 0) is 5.41 Å². The molecule has 0 saturated carbocycles. The van der Waals surface area contributed by atoms with Crippen LogP contribution in [0.2, 0.25) is 0 Å². The third-order valence-corrected chi connectivity index (χ3v) is 3.50. The lowest BCUT2D eigenvalue weighted by molar-refractivity contribution is 0.577. The maximum atomic E-state index is 11.9. The molecule has 0 saturated heterocycles. The van der Waals surface area contributed by atoms with Crippen molar-refractivity contribution in [2.75, 3.05) is 31.6 Å². The zero-order valence-electron chi connectivity index (χ0n) is 12.1. The van der Waals surface area contributed by atoms with Crippen molar-refractivity contribution in [1.29, 1.82) is 0 Å². The first-order valence-electron chi connectivity index (χ1n) is 6.56. The van der Waals surface area contributed by atoms with E-state index in [2.05, 4.69) is 37.9 Å². The van der Waals surface area contributed by atoms with Crippen LogP contribution in [0.15, 0.2) is 4.79 Å². The highest BCUT2D eigenvalue weighted by Gasteiger charge is 2.29. The molecule has 1 rings (SSSR count). The van der Waals surface area contributed by atoms with Crippen LogP contribution in [0.3, 0.4) is 0 Å². The lowest BCUT2D eigenvalue weighted by Gasteiger charge is -2.30. The molecule has 0 radical (unpaired) electrons. The van der Waals surface area contributed by atoms with Crippen molar-refractivity contribution in [1.82, 2.24) is 5.32 Å². The molecule has 0 aliphatic heterocycles. The van der Waals surface area contributed by atoms with Gasteiger partial charge in [0, 0.05) is 19.2 Å². The lowest BCUT2D eigenvalue weighted by atomic mass is 9.82. The van der Waals surface area contributed by atoms with E-state index < -0.39 is 0 Å². The Morgan fingerprint density at radius 2 is 1.94 bits per heavy atom. The summed E-state index contributed by atoms with van der Waals surface area (Å²) in [5.41, 5.74) is 1.87. The maximum absolute atomic E-state index is 11.9. The molecule has 0 aliphatic carbocycles. The fourth-order valence-electron chi connectivity index (χ4n) is 2.17. The minimum atomic E-state index is -0.0454. The molecule has 102 valence electrons. The van der Waals surface area contributed by atoms with Gasteiger partial charge in [0.05, 0.1) is 10.2 Å². The van der Waals surface area contributed by atoms with Crippen LogP contribution in [0, 0.1) is 4.51 Å². The molecule has 0 aromatic heterocycles. The minimum Gasteiger partial charge on any atom is -0.371 e. The number of hydrogen-bond donors (Lipinski definition) is 1. The first-order valence-corrected chi connectivity index (χ1v) is 6.97. The normalized spacial score (nSPS) is 12.1. The van der Waals surface area contributed by atoms with Crippen molar-refractivity contribution in [3.8, 4) is 0 Å². The Balaban J connectivity index is 2.75. The topological polar surface area (TPSA) is 32.3 Å². The summed E-state index contributed by atoms with van der Waals surface area (Å²) < 4.78 is 0.524. The van der Waals surface area contributed by atoms with Gasteiger partial charge >= 0.3 is 0 Å². The molecule has 1 aromatic rings. The van der Waals surface area contributed by atoms with E-state index in [4.69, 9.17) is 12.2 Å². The highest BCUT2D eigenvalue weighted by Crippen LogP contribution is 2.32. The second-order valence-electron chi connectivity index (χ2n) is 5.76. The van der Waals surface area contributed by atoms with Crippen molar-refractivity contribution >= 4 is 17.9 Å². The molecule has 0 fully saturated rings. The molecule has 4 heteroatoms. The molecule has 1 N–H and O–H groups in total. The standard InChI is InChI=1S/C14H24N2OS/c1-6-15-8-7-9-16(5)11-10(14(2,3)4)13(18)12(11)17/h15H,6-9H2,1-5H3. The van der Waals surface area contributed by atoms with Gasteiger partial charge in [0.2, 0.25) is 5.43 Å². The predicted octanol–water partition coefficient (Wildman–Crippen LogP) is 2.39. The lowest BCUT2D eigenvalue weighted by Crippen LogP contribution is -2.35. The highest BCUT2D eigenvalue weighted by atomic mass is 32.1. The molecule has 0 bridgehead atoms. The van der Waals surface area contributed by atoms with E-state index in [0.29, 0.717) is 4.51 Å². The molecule has 18 heavy (non-hydrogen) atoms. The second kappa shape index (κ2) is 5.93. The number of hydrogen-bond acceptors (Lipinski definition) is 4. The van der Waals surface area contributed by atoms with E-state index in [9.17, 15) is 4.79 Å². The van der Waals surface area contributed by atoms with Crippen molar-refractivity contribution in [2.24, 2.45) is 0 Å². The summed E-state index contributed by atoms with van der Waals surface area (Å²) in [6.45, 7) is 11.3. The first kappa shape index (κ1) is 15.3. The van der Waals surface area contributed by atoms with E-state index in [1.54, 1.807) is 0 Å². The Morgan fingerprint density at radius 3 is 2.44 bits per heavy atom. The fourth-order valence-corrected chi connectivity index (χ4v) is 2.67. The van der Waals surface area contributed by atoms with Gasteiger partial charge in [-0.25, -0.2) is 0 Å². The molecule has 0 unspecified atom stereocenters. The van der Waals surface area contributed by atoms with E-state index >= 15 is 0 Å². The third-order valence-electron chi connectivity index (χ3n) is 3.11. The quantitative estimate of drug-likeness (QED) is 0.634. The van der Waals surface area contributed by atoms with Gasteiger partial charge in [0.1, 0.15) is 0 Å². The van der Waals surface area contributed by atoms with Crippen molar-refractivity contribution in [3.63, 3.8) is 0 Å². The Kier molecular flexibility index (Phi) is 5.05. The summed E-state index contributed by atoms with van der Waals surface area (Å²) in [5, 5.41) is 3.29. The van der Waals surface area contributed by atoms with Gasteiger partial charge in [-0.05, 0) is 24.9 Å². The summed E-state index contributed by atoms with van der Waals surface area (Å²) in [6.07, 6.45) is 1.03. The molecular formula is C14H24N2OS. The third kappa shape index (κ3) is 3.18. The van der Waals surface area contributed by atoms with Crippen LogP contribution in [0.5, 0.6) is 0 Å². The van der Waals surface area contributed by atoms with E-state index in [0.717, 1.165) is 37.3 Å². The predicted molar refractivity (Wildman–Crippen MR) is 81.0 cm³/mol. The van der Waals surface area contributed by atoms with Crippen molar-refractivity contribution in [3.05, 3.63) is 20.3 Å². The van der Waals surface area contributed by atoms with Gasteiger partial charge in [-0.2, -0.15) is 0 Å². The van der Waals surface area contributed by atoms with Gasteiger partial charge in [-0.1, -0.05) is 39.9 Å². The molecule has 0 atom stereocenters. The monoisotopic (exact) mass is 268 g/mol. The SMILES string of the molecule is CCNCCCN(C)c1c(C(C)(C)C)c(=S)c1=O.